The number of carboxylic acid groups (broad SMARTS) is 1. The van der Waals surface area contributed by atoms with Gasteiger partial charge in [0.15, 0.2) is 0 Å². The van der Waals surface area contributed by atoms with E-state index in [0.29, 0.717) is 0 Å². The molecule has 0 saturated heterocycles. The van der Waals surface area contributed by atoms with Gasteiger partial charge in [0.1, 0.15) is 18.7 Å². The second-order valence-electron chi connectivity index (χ2n) is 9.49. The average molecular weight is 492 g/mol. The molecule has 35 heavy (non-hydrogen) atoms. The van der Waals surface area contributed by atoms with E-state index >= 15 is 0 Å². The largest absolute Gasteiger partial charge is 0.480 e. The van der Waals surface area contributed by atoms with Gasteiger partial charge in [-0.2, -0.15) is 13.2 Å². The van der Waals surface area contributed by atoms with Gasteiger partial charge in [0.2, 0.25) is 5.91 Å². The van der Waals surface area contributed by atoms with Crippen LogP contribution in [0.25, 0.3) is 11.1 Å². The number of carboxylic acids is 1. The summed E-state index contributed by atoms with van der Waals surface area (Å²) in [5, 5.41) is 13.4. The van der Waals surface area contributed by atoms with Crippen LogP contribution in [0.2, 0.25) is 0 Å². The number of hydrogen-bond acceptors (Lipinski definition) is 4. The highest BCUT2D eigenvalue weighted by Crippen LogP contribution is 2.44. The van der Waals surface area contributed by atoms with Crippen molar-refractivity contribution in [1.82, 2.24) is 10.6 Å². The smallest absolute Gasteiger partial charge is 0.407 e. The first-order valence-electron chi connectivity index (χ1n) is 11.0. The van der Waals surface area contributed by atoms with Gasteiger partial charge >= 0.3 is 18.2 Å². The molecule has 3 rings (SSSR count). The van der Waals surface area contributed by atoms with E-state index in [1.165, 1.54) is 0 Å². The third-order valence-electron chi connectivity index (χ3n) is 5.78. The summed E-state index contributed by atoms with van der Waals surface area (Å²) in [4.78, 5) is 36.6. The maximum absolute atomic E-state index is 12.7. The Balaban J connectivity index is 1.70. The average Bonchev–Trinajstić information content (AvgIpc) is 3.07. The first-order chi connectivity index (χ1) is 16.3. The van der Waals surface area contributed by atoms with E-state index < -0.39 is 48.1 Å². The molecule has 0 bridgehead atoms. The van der Waals surface area contributed by atoms with Gasteiger partial charge in [0, 0.05) is 5.92 Å². The molecule has 2 atom stereocenters. The van der Waals surface area contributed by atoms with Gasteiger partial charge < -0.3 is 20.5 Å². The number of halogens is 3. The number of fused-ring (bicyclic) bond motifs is 3. The van der Waals surface area contributed by atoms with Crippen LogP contribution in [0.4, 0.5) is 18.0 Å². The Kier molecular flexibility index (Phi) is 7.42. The molecule has 0 heterocycles. The van der Waals surface area contributed by atoms with Crippen LogP contribution >= 0.6 is 0 Å². The molecule has 0 aliphatic heterocycles. The maximum Gasteiger partial charge on any atom is 0.407 e. The Labute approximate surface area is 200 Å². The first kappa shape index (κ1) is 26.1. The summed E-state index contributed by atoms with van der Waals surface area (Å²) in [6.45, 7) is 4.73. The van der Waals surface area contributed by atoms with Crippen LogP contribution in [0.3, 0.4) is 0 Å². The van der Waals surface area contributed by atoms with Crippen LogP contribution < -0.4 is 10.6 Å². The quantitative estimate of drug-likeness (QED) is 0.529. The number of rotatable bonds is 7. The first-order valence-corrected chi connectivity index (χ1v) is 11.0. The van der Waals surface area contributed by atoms with Gasteiger partial charge in [0.25, 0.3) is 0 Å². The molecule has 0 radical (unpaired) electrons. The van der Waals surface area contributed by atoms with Crippen molar-refractivity contribution in [2.45, 2.75) is 51.4 Å². The number of amides is 2. The third-order valence-corrected chi connectivity index (χ3v) is 5.78. The zero-order chi connectivity index (χ0) is 26.0. The van der Waals surface area contributed by atoms with Crippen molar-refractivity contribution in [3.8, 4) is 11.1 Å². The van der Waals surface area contributed by atoms with Crippen molar-refractivity contribution >= 4 is 18.0 Å². The van der Waals surface area contributed by atoms with Gasteiger partial charge in [-0.3, -0.25) is 4.79 Å². The number of benzene rings is 2. The van der Waals surface area contributed by atoms with Crippen LogP contribution in [-0.2, 0) is 14.3 Å². The predicted octanol–water partition coefficient (Wildman–Crippen LogP) is 4.46. The number of aliphatic carboxylic acids is 1. The fraction of sp³-hybridized carbons (Fsp3) is 0.400. The molecule has 188 valence electrons. The highest BCUT2D eigenvalue weighted by atomic mass is 19.4. The molecule has 0 fully saturated rings. The maximum atomic E-state index is 12.7. The Morgan fingerprint density at radius 1 is 0.943 bits per heavy atom. The molecule has 2 amide bonds. The summed E-state index contributed by atoms with van der Waals surface area (Å²) in [5.41, 5.74) is 3.10. The lowest BCUT2D eigenvalue weighted by Gasteiger charge is -2.31. The lowest BCUT2D eigenvalue weighted by Crippen LogP contribution is -2.57. The molecule has 10 heteroatoms. The molecular weight excluding hydrogens is 465 g/mol. The summed E-state index contributed by atoms with van der Waals surface area (Å²) in [7, 11) is 0. The van der Waals surface area contributed by atoms with Crippen LogP contribution in [0.5, 0.6) is 0 Å². The SMILES string of the molecule is CC(C)(C)C(NC(=O)OCC1c2ccccc2-c2ccccc21)C(=O)NC(CC(F)(F)F)C(=O)O. The molecule has 1 aliphatic carbocycles. The predicted molar refractivity (Wildman–Crippen MR) is 122 cm³/mol. The topological polar surface area (TPSA) is 105 Å². The van der Waals surface area contributed by atoms with Crippen LogP contribution in [0, 0.1) is 5.41 Å². The summed E-state index contributed by atoms with van der Waals surface area (Å²) >= 11 is 0. The molecule has 2 aromatic rings. The second-order valence-corrected chi connectivity index (χ2v) is 9.49. The second kappa shape index (κ2) is 9.97. The summed E-state index contributed by atoms with van der Waals surface area (Å²) in [6.07, 6.45) is -7.48. The van der Waals surface area contributed by atoms with Crippen molar-refractivity contribution in [3.05, 3.63) is 59.7 Å². The minimum Gasteiger partial charge on any atom is -0.480 e. The van der Waals surface area contributed by atoms with Gasteiger partial charge in [-0.25, -0.2) is 9.59 Å². The van der Waals surface area contributed by atoms with Gasteiger partial charge in [0.05, 0.1) is 6.42 Å². The Bertz CT molecular complexity index is 1070. The Hall–Kier alpha value is -3.56. The molecular formula is C25H27F3N2O5. The highest BCUT2D eigenvalue weighted by molar-refractivity contribution is 5.90. The standard InChI is InChI=1S/C25H27F3N2O5/c1-24(2,3)20(21(31)29-19(22(32)33)12-25(26,27)28)30-23(34)35-13-18-16-10-6-4-8-14(16)15-9-5-7-11-17(15)18/h4-11,18-20H,12-13H2,1-3H3,(H,29,31)(H,30,34)(H,32,33). The lowest BCUT2D eigenvalue weighted by atomic mass is 9.86. The van der Waals surface area contributed by atoms with Crippen LogP contribution in [-0.4, -0.2) is 47.9 Å². The minimum absolute atomic E-state index is 0.0236. The number of nitrogens with one attached hydrogen (secondary N) is 2. The third kappa shape index (κ3) is 6.32. The van der Waals surface area contributed by atoms with Crippen molar-refractivity contribution in [1.29, 1.82) is 0 Å². The monoisotopic (exact) mass is 492 g/mol. The van der Waals surface area contributed by atoms with Crippen molar-refractivity contribution < 1.29 is 37.4 Å². The van der Waals surface area contributed by atoms with E-state index in [1.807, 2.05) is 53.8 Å². The van der Waals surface area contributed by atoms with Gasteiger partial charge in [-0.05, 0) is 27.7 Å². The van der Waals surface area contributed by atoms with E-state index in [2.05, 4.69) is 5.32 Å². The summed E-state index contributed by atoms with van der Waals surface area (Å²) in [5.74, 6) is -3.11. The van der Waals surface area contributed by atoms with E-state index in [-0.39, 0.29) is 12.5 Å². The van der Waals surface area contributed by atoms with E-state index in [4.69, 9.17) is 9.84 Å². The summed E-state index contributed by atoms with van der Waals surface area (Å²) in [6, 6.07) is 11.9. The molecule has 7 nitrogen and oxygen atoms in total. The summed E-state index contributed by atoms with van der Waals surface area (Å²) < 4.78 is 43.6. The van der Waals surface area contributed by atoms with Crippen molar-refractivity contribution in [2.75, 3.05) is 6.61 Å². The number of hydrogen-bond donors (Lipinski definition) is 3. The van der Waals surface area contributed by atoms with Crippen molar-refractivity contribution in [3.63, 3.8) is 0 Å². The molecule has 0 aromatic heterocycles. The zero-order valence-electron chi connectivity index (χ0n) is 19.5. The zero-order valence-corrected chi connectivity index (χ0v) is 19.5. The van der Waals surface area contributed by atoms with Gasteiger partial charge in [-0.15, -0.1) is 0 Å². The van der Waals surface area contributed by atoms with E-state index in [0.717, 1.165) is 22.3 Å². The molecule has 3 N–H and O–H groups in total. The van der Waals surface area contributed by atoms with E-state index in [9.17, 15) is 27.6 Å². The van der Waals surface area contributed by atoms with Crippen molar-refractivity contribution in [2.24, 2.45) is 5.41 Å². The van der Waals surface area contributed by atoms with Gasteiger partial charge in [-0.1, -0.05) is 69.3 Å². The Morgan fingerprint density at radius 2 is 1.46 bits per heavy atom. The normalized spacial score (nSPS) is 14.9. The Morgan fingerprint density at radius 3 is 1.91 bits per heavy atom. The fourth-order valence-electron chi connectivity index (χ4n) is 4.12. The molecule has 2 unspecified atom stereocenters. The number of alkyl carbamates (subject to hydrolysis) is 1. The number of alkyl halides is 3. The van der Waals surface area contributed by atoms with E-state index in [1.54, 1.807) is 20.8 Å². The van der Waals surface area contributed by atoms with Crippen LogP contribution in [0.1, 0.15) is 44.2 Å². The van der Waals surface area contributed by atoms with Crippen LogP contribution in [0.15, 0.2) is 48.5 Å². The minimum atomic E-state index is -4.80. The number of carbonyl (C=O) groups excluding carboxylic acids is 2. The number of carbonyl (C=O) groups is 3. The highest BCUT2D eigenvalue weighted by Gasteiger charge is 2.40. The fourth-order valence-corrected chi connectivity index (χ4v) is 4.12. The number of ether oxygens (including phenoxy) is 1. The molecule has 1 aliphatic rings. The molecule has 0 saturated carbocycles. The molecule has 2 aromatic carbocycles. The molecule has 0 spiro atoms. The lowest BCUT2D eigenvalue weighted by molar-refractivity contribution is -0.160.